The van der Waals surface area contributed by atoms with E-state index in [2.05, 4.69) is 0 Å². The van der Waals surface area contributed by atoms with Gasteiger partial charge in [-0.05, 0) is 28.7 Å². The summed E-state index contributed by atoms with van der Waals surface area (Å²) in [5.74, 6) is -0.242. The maximum atomic E-state index is 12.1. The first-order valence-corrected chi connectivity index (χ1v) is 8.24. The van der Waals surface area contributed by atoms with Crippen LogP contribution in [0.4, 0.5) is 11.4 Å². The summed E-state index contributed by atoms with van der Waals surface area (Å²) in [6.07, 6.45) is 0.186. The molecule has 21 heavy (non-hydrogen) atoms. The lowest BCUT2D eigenvalue weighted by molar-refractivity contribution is -0.384. The Labute approximate surface area is 143 Å². The van der Waals surface area contributed by atoms with Crippen molar-refractivity contribution in [1.82, 2.24) is 0 Å². The van der Waals surface area contributed by atoms with Crippen molar-refractivity contribution in [2.45, 2.75) is 18.6 Å². The number of hydrogen-bond acceptors (Lipinski definition) is 5. The molecule has 1 aliphatic rings. The number of carbonyl (C=O) groups is 2. The summed E-state index contributed by atoms with van der Waals surface area (Å²) in [5, 5.41) is 11.3. The maximum Gasteiger partial charge on any atom is 0.294 e. The number of benzene rings is 1. The van der Waals surface area contributed by atoms with Crippen LogP contribution >= 0.6 is 46.0 Å². The molecule has 1 unspecified atom stereocenters. The zero-order valence-corrected chi connectivity index (χ0v) is 14.6. The predicted molar refractivity (Wildman–Crippen MR) is 89.9 cm³/mol. The van der Waals surface area contributed by atoms with E-state index in [-0.39, 0.29) is 40.6 Å². The highest BCUT2D eigenvalue weighted by Gasteiger charge is 2.35. The van der Waals surface area contributed by atoms with E-state index >= 15 is 0 Å². The molecule has 1 aromatic carbocycles. The standard InChI is InChI=1S/C12H10ClIN2O4S/c1-6(17)21-7-2-12(18)15(5-7)10-3-8(13)9(14)4-11(10)16(19)20/h3-4,7H,2,5H2,1H3. The molecule has 1 heterocycles. The number of rotatable bonds is 3. The van der Waals surface area contributed by atoms with Gasteiger partial charge in [-0.15, -0.1) is 0 Å². The number of nitro benzene ring substituents is 1. The van der Waals surface area contributed by atoms with Crippen LogP contribution in [0.2, 0.25) is 5.02 Å². The summed E-state index contributed by atoms with van der Waals surface area (Å²) < 4.78 is 0.547. The minimum Gasteiger partial charge on any atom is -0.305 e. The van der Waals surface area contributed by atoms with Crippen molar-refractivity contribution in [3.8, 4) is 0 Å². The van der Waals surface area contributed by atoms with E-state index in [1.807, 2.05) is 22.6 Å². The lowest BCUT2D eigenvalue weighted by Crippen LogP contribution is -2.26. The van der Waals surface area contributed by atoms with Crippen LogP contribution in [-0.2, 0) is 9.59 Å². The van der Waals surface area contributed by atoms with E-state index in [9.17, 15) is 19.7 Å². The molecule has 0 saturated carbocycles. The zero-order valence-electron chi connectivity index (χ0n) is 10.8. The monoisotopic (exact) mass is 440 g/mol. The molecule has 0 N–H and O–H groups in total. The summed E-state index contributed by atoms with van der Waals surface area (Å²) in [5.41, 5.74) is 0.0210. The number of carbonyl (C=O) groups excluding carboxylic acids is 2. The smallest absolute Gasteiger partial charge is 0.294 e. The molecule has 112 valence electrons. The fourth-order valence-corrected chi connectivity index (χ4v) is 3.64. The summed E-state index contributed by atoms with van der Waals surface area (Å²) in [4.78, 5) is 35.2. The molecule has 1 amide bonds. The Morgan fingerprint density at radius 2 is 2.24 bits per heavy atom. The SMILES string of the molecule is CC(=O)SC1CC(=O)N(c2cc(Cl)c(I)cc2[N+](=O)[O-])C1. The van der Waals surface area contributed by atoms with Crippen LogP contribution < -0.4 is 4.90 Å². The molecular weight excluding hydrogens is 431 g/mol. The number of halogens is 2. The molecule has 1 fully saturated rings. The number of amides is 1. The van der Waals surface area contributed by atoms with Crippen LogP contribution in [-0.4, -0.2) is 27.7 Å². The van der Waals surface area contributed by atoms with Gasteiger partial charge in [0.15, 0.2) is 5.12 Å². The Bertz CT molecular complexity index is 640. The van der Waals surface area contributed by atoms with E-state index in [1.165, 1.54) is 24.0 Å². The normalized spacial score (nSPS) is 18.1. The fraction of sp³-hybridized carbons (Fsp3) is 0.333. The van der Waals surface area contributed by atoms with Crippen molar-refractivity contribution in [2.75, 3.05) is 11.4 Å². The van der Waals surface area contributed by atoms with E-state index < -0.39 is 4.92 Å². The largest absolute Gasteiger partial charge is 0.305 e. The van der Waals surface area contributed by atoms with Crippen LogP contribution in [0.1, 0.15) is 13.3 Å². The topological polar surface area (TPSA) is 80.5 Å². The van der Waals surface area contributed by atoms with Gasteiger partial charge >= 0.3 is 0 Å². The van der Waals surface area contributed by atoms with E-state index in [0.29, 0.717) is 8.59 Å². The Balaban J connectivity index is 2.37. The van der Waals surface area contributed by atoms with E-state index in [4.69, 9.17) is 11.6 Å². The Morgan fingerprint density at radius 1 is 1.57 bits per heavy atom. The van der Waals surface area contributed by atoms with Gasteiger partial charge in [0.2, 0.25) is 5.91 Å². The highest BCUT2D eigenvalue weighted by atomic mass is 127. The van der Waals surface area contributed by atoms with Crippen molar-refractivity contribution in [2.24, 2.45) is 0 Å². The lowest BCUT2D eigenvalue weighted by Gasteiger charge is -2.17. The Hall–Kier alpha value is -0.870. The van der Waals surface area contributed by atoms with E-state index in [1.54, 1.807) is 0 Å². The first-order chi connectivity index (χ1) is 9.79. The lowest BCUT2D eigenvalue weighted by atomic mass is 10.2. The third kappa shape index (κ3) is 3.67. The van der Waals surface area contributed by atoms with Gasteiger partial charge in [0, 0.05) is 34.8 Å². The van der Waals surface area contributed by atoms with Gasteiger partial charge in [-0.3, -0.25) is 19.7 Å². The molecule has 0 spiro atoms. The van der Waals surface area contributed by atoms with Crippen LogP contribution in [0.25, 0.3) is 0 Å². The molecule has 0 radical (unpaired) electrons. The number of anilines is 1. The zero-order chi connectivity index (χ0) is 15.7. The van der Waals surface area contributed by atoms with Crippen LogP contribution in [0.15, 0.2) is 12.1 Å². The van der Waals surface area contributed by atoms with Crippen molar-refractivity contribution in [1.29, 1.82) is 0 Å². The van der Waals surface area contributed by atoms with Gasteiger partial charge in [-0.25, -0.2) is 0 Å². The van der Waals surface area contributed by atoms with Gasteiger partial charge in [0.05, 0.1) is 9.95 Å². The summed E-state index contributed by atoms with van der Waals surface area (Å²) in [7, 11) is 0. The molecule has 1 aromatic rings. The Morgan fingerprint density at radius 3 is 2.81 bits per heavy atom. The van der Waals surface area contributed by atoms with Gasteiger partial charge in [-0.1, -0.05) is 23.4 Å². The molecule has 0 aliphatic carbocycles. The summed E-state index contributed by atoms with van der Waals surface area (Å²) in [6.45, 7) is 1.70. The highest BCUT2D eigenvalue weighted by Crippen LogP contribution is 2.38. The molecule has 1 atom stereocenters. The predicted octanol–water partition coefficient (Wildman–Crippen LogP) is 3.24. The molecule has 9 heteroatoms. The minimum absolute atomic E-state index is 0.0789. The fourth-order valence-electron chi connectivity index (χ4n) is 2.11. The van der Waals surface area contributed by atoms with Crippen molar-refractivity contribution in [3.05, 3.63) is 30.8 Å². The average Bonchev–Trinajstić information content (AvgIpc) is 2.71. The third-order valence-electron chi connectivity index (χ3n) is 2.93. The molecule has 0 aromatic heterocycles. The number of hydrogen-bond donors (Lipinski definition) is 0. The molecule has 0 bridgehead atoms. The van der Waals surface area contributed by atoms with Gasteiger partial charge in [-0.2, -0.15) is 0 Å². The summed E-state index contributed by atoms with van der Waals surface area (Å²) >= 11 is 8.99. The second kappa shape index (κ2) is 6.49. The second-order valence-electron chi connectivity index (χ2n) is 4.45. The molecule has 6 nitrogen and oxygen atoms in total. The van der Waals surface area contributed by atoms with Crippen molar-refractivity contribution in [3.63, 3.8) is 0 Å². The first-order valence-electron chi connectivity index (χ1n) is 5.90. The third-order valence-corrected chi connectivity index (χ3v) is 5.43. The number of nitrogens with zero attached hydrogens (tertiary/aromatic N) is 2. The maximum absolute atomic E-state index is 12.1. The first kappa shape index (κ1) is 16.5. The quantitative estimate of drug-likeness (QED) is 0.409. The molecular formula is C12H10ClIN2O4S. The van der Waals surface area contributed by atoms with Gasteiger partial charge in [0.1, 0.15) is 5.69 Å². The van der Waals surface area contributed by atoms with Crippen LogP contribution in [0.5, 0.6) is 0 Å². The summed E-state index contributed by atoms with van der Waals surface area (Å²) in [6, 6.07) is 2.77. The van der Waals surface area contributed by atoms with Gasteiger partial charge in [0.25, 0.3) is 5.69 Å². The number of thioether (sulfide) groups is 1. The molecule has 1 saturated heterocycles. The van der Waals surface area contributed by atoms with Gasteiger partial charge < -0.3 is 4.90 Å². The molecule has 1 aliphatic heterocycles. The van der Waals surface area contributed by atoms with E-state index in [0.717, 1.165) is 11.8 Å². The average molecular weight is 441 g/mol. The Kier molecular flexibility index (Phi) is 5.10. The highest BCUT2D eigenvalue weighted by molar-refractivity contribution is 14.1. The number of nitro groups is 1. The molecule has 2 rings (SSSR count). The van der Waals surface area contributed by atoms with Crippen LogP contribution in [0.3, 0.4) is 0 Å². The van der Waals surface area contributed by atoms with Crippen molar-refractivity contribution >= 4 is 68.4 Å². The second-order valence-corrected chi connectivity index (χ2v) is 7.50. The van der Waals surface area contributed by atoms with Crippen LogP contribution in [0, 0.1) is 13.7 Å². The minimum atomic E-state index is -0.535. The van der Waals surface area contributed by atoms with Crippen molar-refractivity contribution < 1.29 is 14.5 Å².